The van der Waals surface area contributed by atoms with E-state index in [0.29, 0.717) is 0 Å². The van der Waals surface area contributed by atoms with E-state index in [0.717, 1.165) is 28.1 Å². The highest BCUT2D eigenvalue weighted by Gasteiger charge is 2.08. The first-order chi connectivity index (χ1) is 10.6. The monoisotopic (exact) mass is 306 g/mol. The van der Waals surface area contributed by atoms with Crippen LogP contribution in [0.2, 0.25) is 0 Å². The van der Waals surface area contributed by atoms with Gasteiger partial charge in [0.25, 0.3) is 0 Å². The van der Waals surface area contributed by atoms with Crippen molar-refractivity contribution in [3.8, 4) is 11.3 Å². The fourth-order valence-electron chi connectivity index (χ4n) is 1.61. The van der Waals surface area contributed by atoms with Gasteiger partial charge in [0.2, 0.25) is 0 Å². The SMILES string of the molecule is CC.CC.CC.Cc1nnc(-c2ccc(F)cc2)c(C)c1C. The van der Waals surface area contributed by atoms with Crippen molar-refractivity contribution in [2.45, 2.75) is 62.3 Å². The highest BCUT2D eigenvalue weighted by molar-refractivity contribution is 5.63. The van der Waals surface area contributed by atoms with Gasteiger partial charge >= 0.3 is 0 Å². The summed E-state index contributed by atoms with van der Waals surface area (Å²) in [7, 11) is 0. The van der Waals surface area contributed by atoms with E-state index in [-0.39, 0.29) is 5.82 Å². The zero-order valence-corrected chi connectivity index (χ0v) is 15.6. The first-order valence-corrected chi connectivity index (χ1v) is 8.16. The minimum absolute atomic E-state index is 0.238. The quantitative estimate of drug-likeness (QED) is 0.619. The van der Waals surface area contributed by atoms with Crippen molar-refractivity contribution in [1.82, 2.24) is 10.2 Å². The second-order valence-electron chi connectivity index (χ2n) is 3.89. The molecule has 0 aliphatic carbocycles. The summed E-state index contributed by atoms with van der Waals surface area (Å²) in [6.45, 7) is 18.0. The summed E-state index contributed by atoms with van der Waals surface area (Å²) in [5, 5.41) is 8.26. The predicted octanol–water partition coefficient (Wildman–Crippen LogP) is 6.29. The zero-order chi connectivity index (χ0) is 17.7. The molecule has 0 radical (unpaired) electrons. The van der Waals surface area contributed by atoms with Gasteiger partial charge in [0.15, 0.2) is 0 Å². The van der Waals surface area contributed by atoms with Crippen LogP contribution in [0.25, 0.3) is 11.3 Å². The smallest absolute Gasteiger partial charge is 0.123 e. The number of halogens is 1. The van der Waals surface area contributed by atoms with Crippen LogP contribution in [0.4, 0.5) is 4.39 Å². The second-order valence-corrected chi connectivity index (χ2v) is 3.89. The van der Waals surface area contributed by atoms with Crippen LogP contribution in [0.3, 0.4) is 0 Å². The molecule has 124 valence electrons. The van der Waals surface area contributed by atoms with Crippen molar-refractivity contribution in [2.75, 3.05) is 0 Å². The molecule has 2 rings (SSSR count). The summed E-state index contributed by atoms with van der Waals surface area (Å²) in [5.41, 5.74) is 4.88. The Morgan fingerprint density at radius 1 is 0.682 bits per heavy atom. The maximum Gasteiger partial charge on any atom is 0.123 e. The first kappa shape index (κ1) is 22.5. The maximum absolute atomic E-state index is 12.8. The van der Waals surface area contributed by atoms with E-state index in [1.54, 1.807) is 12.1 Å². The third kappa shape index (κ3) is 6.33. The molecule has 0 fully saturated rings. The Morgan fingerprint density at radius 3 is 1.59 bits per heavy atom. The van der Waals surface area contributed by atoms with Gasteiger partial charge in [0.05, 0.1) is 11.4 Å². The minimum atomic E-state index is -0.238. The molecule has 0 saturated carbocycles. The van der Waals surface area contributed by atoms with E-state index in [2.05, 4.69) is 10.2 Å². The number of aromatic nitrogens is 2. The van der Waals surface area contributed by atoms with Gasteiger partial charge in [-0.15, -0.1) is 5.10 Å². The standard InChI is InChI=1S/C13H13FN2.3C2H6/c1-8-9(2)13(16-15-10(8)3)11-4-6-12(14)7-5-11;3*1-2/h4-7H,1-3H3;3*1-2H3. The van der Waals surface area contributed by atoms with Crippen LogP contribution in [0.1, 0.15) is 58.4 Å². The predicted molar refractivity (Wildman–Crippen MR) is 95.7 cm³/mol. The molecular formula is C19H31FN2. The minimum Gasteiger partial charge on any atom is -0.207 e. The molecule has 0 N–H and O–H groups in total. The van der Waals surface area contributed by atoms with Crippen LogP contribution >= 0.6 is 0 Å². The van der Waals surface area contributed by atoms with E-state index in [4.69, 9.17) is 0 Å². The Labute approximate surface area is 135 Å². The van der Waals surface area contributed by atoms with Crippen LogP contribution in [0.5, 0.6) is 0 Å². The van der Waals surface area contributed by atoms with E-state index < -0.39 is 0 Å². The molecule has 0 amide bonds. The van der Waals surface area contributed by atoms with Crippen molar-refractivity contribution in [1.29, 1.82) is 0 Å². The third-order valence-corrected chi connectivity index (χ3v) is 2.88. The highest BCUT2D eigenvalue weighted by Crippen LogP contribution is 2.23. The molecule has 1 aromatic heterocycles. The number of hydrogen-bond acceptors (Lipinski definition) is 2. The Balaban J connectivity index is 0. The molecular weight excluding hydrogens is 275 g/mol. The average molecular weight is 306 g/mol. The van der Waals surface area contributed by atoms with Crippen molar-refractivity contribution >= 4 is 0 Å². The fraction of sp³-hybridized carbons (Fsp3) is 0.474. The molecule has 0 unspecified atom stereocenters. The maximum atomic E-state index is 12.8. The van der Waals surface area contributed by atoms with Crippen molar-refractivity contribution in [2.24, 2.45) is 0 Å². The summed E-state index contributed by atoms with van der Waals surface area (Å²) in [6, 6.07) is 6.32. The molecule has 0 bridgehead atoms. The van der Waals surface area contributed by atoms with Gasteiger partial charge in [-0.1, -0.05) is 41.5 Å². The van der Waals surface area contributed by atoms with Gasteiger partial charge in [0.1, 0.15) is 5.82 Å². The molecule has 0 aliphatic heterocycles. The number of aryl methyl sites for hydroxylation is 1. The molecule has 3 heteroatoms. The molecule has 1 aromatic carbocycles. The average Bonchev–Trinajstić information content (AvgIpc) is 2.59. The van der Waals surface area contributed by atoms with E-state index >= 15 is 0 Å². The highest BCUT2D eigenvalue weighted by atomic mass is 19.1. The fourth-order valence-corrected chi connectivity index (χ4v) is 1.61. The largest absolute Gasteiger partial charge is 0.207 e. The van der Waals surface area contributed by atoms with Gasteiger partial charge in [-0.05, 0) is 56.2 Å². The van der Waals surface area contributed by atoms with Crippen molar-refractivity contribution < 1.29 is 4.39 Å². The van der Waals surface area contributed by atoms with Crippen molar-refractivity contribution in [3.63, 3.8) is 0 Å². The summed E-state index contributed by atoms with van der Waals surface area (Å²) < 4.78 is 12.8. The summed E-state index contributed by atoms with van der Waals surface area (Å²) in [4.78, 5) is 0. The van der Waals surface area contributed by atoms with Crippen LogP contribution < -0.4 is 0 Å². The van der Waals surface area contributed by atoms with Crippen LogP contribution in [-0.4, -0.2) is 10.2 Å². The van der Waals surface area contributed by atoms with Gasteiger partial charge in [-0.3, -0.25) is 0 Å². The topological polar surface area (TPSA) is 25.8 Å². The molecule has 0 aliphatic rings. The van der Waals surface area contributed by atoms with Crippen LogP contribution in [-0.2, 0) is 0 Å². The summed E-state index contributed by atoms with van der Waals surface area (Å²) in [6.07, 6.45) is 0. The van der Waals surface area contributed by atoms with Crippen molar-refractivity contribution in [3.05, 3.63) is 46.9 Å². The van der Waals surface area contributed by atoms with Gasteiger partial charge in [0, 0.05) is 5.56 Å². The van der Waals surface area contributed by atoms with Crippen LogP contribution in [0.15, 0.2) is 24.3 Å². The Bertz CT molecular complexity index is 520. The Morgan fingerprint density at radius 2 is 1.14 bits per heavy atom. The Hall–Kier alpha value is -1.77. The van der Waals surface area contributed by atoms with E-state index in [1.165, 1.54) is 12.1 Å². The summed E-state index contributed by atoms with van der Waals surface area (Å²) in [5.74, 6) is -0.238. The molecule has 2 nitrogen and oxygen atoms in total. The second kappa shape index (κ2) is 12.9. The number of benzene rings is 1. The van der Waals surface area contributed by atoms with Gasteiger partial charge < -0.3 is 0 Å². The number of hydrogen-bond donors (Lipinski definition) is 0. The molecule has 1 heterocycles. The zero-order valence-electron chi connectivity index (χ0n) is 15.6. The van der Waals surface area contributed by atoms with Gasteiger partial charge in [-0.25, -0.2) is 4.39 Å². The molecule has 0 atom stereocenters. The Kier molecular flexibility index (Phi) is 13.2. The number of rotatable bonds is 1. The molecule has 22 heavy (non-hydrogen) atoms. The lowest BCUT2D eigenvalue weighted by Gasteiger charge is -2.08. The lowest BCUT2D eigenvalue weighted by Crippen LogP contribution is -1.98. The molecule has 0 saturated heterocycles. The summed E-state index contributed by atoms with van der Waals surface area (Å²) >= 11 is 0. The molecule has 0 spiro atoms. The van der Waals surface area contributed by atoms with E-state index in [1.807, 2.05) is 62.3 Å². The lowest BCUT2D eigenvalue weighted by molar-refractivity contribution is 0.628. The van der Waals surface area contributed by atoms with Crippen LogP contribution in [0, 0.1) is 26.6 Å². The van der Waals surface area contributed by atoms with E-state index in [9.17, 15) is 4.39 Å². The lowest BCUT2D eigenvalue weighted by atomic mass is 10.0. The normalized spacial score (nSPS) is 8.45. The van der Waals surface area contributed by atoms with Gasteiger partial charge in [-0.2, -0.15) is 5.10 Å². The third-order valence-electron chi connectivity index (χ3n) is 2.88. The molecule has 2 aromatic rings. The number of nitrogens with zero attached hydrogens (tertiary/aromatic N) is 2. The first-order valence-electron chi connectivity index (χ1n) is 8.16.